The molecule has 3 nitrogen and oxygen atoms in total. The van der Waals surface area contributed by atoms with Crippen LogP contribution in [0.4, 0.5) is 0 Å². The molecule has 0 aliphatic rings. The van der Waals surface area contributed by atoms with E-state index in [9.17, 15) is 5.26 Å². The zero-order valence-corrected chi connectivity index (χ0v) is 11.6. The van der Waals surface area contributed by atoms with Crippen molar-refractivity contribution in [1.82, 2.24) is 4.98 Å². The van der Waals surface area contributed by atoms with E-state index in [-0.39, 0.29) is 6.10 Å². The van der Waals surface area contributed by atoms with Gasteiger partial charge in [-0.2, -0.15) is 5.26 Å². The van der Waals surface area contributed by atoms with Gasteiger partial charge in [-0.1, -0.05) is 18.2 Å². The van der Waals surface area contributed by atoms with Crippen molar-refractivity contribution in [3.05, 3.63) is 59.9 Å². The van der Waals surface area contributed by atoms with Gasteiger partial charge in [-0.3, -0.25) is 4.98 Å². The van der Waals surface area contributed by atoms with Gasteiger partial charge in [0.2, 0.25) is 0 Å². The highest BCUT2D eigenvalue weighted by molar-refractivity contribution is 5.88. The third-order valence-corrected chi connectivity index (χ3v) is 2.62. The predicted molar refractivity (Wildman–Crippen MR) is 79.9 cm³/mol. The van der Waals surface area contributed by atoms with Crippen molar-refractivity contribution in [3.8, 4) is 11.8 Å². The van der Waals surface area contributed by atoms with Gasteiger partial charge in [-0.05, 0) is 49.8 Å². The molecular formula is C17H16N2O. The summed E-state index contributed by atoms with van der Waals surface area (Å²) in [7, 11) is 0. The predicted octanol–water partition coefficient (Wildman–Crippen LogP) is 3.93. The van der Waals surface area contributed by atoms with Crippen LogP contribution in [0.3, 0.4) is 0 Å². The molecule has 0 bridgehead atoms. The largest absolute Gasteiger partial charge is 0.491 e. The van der Waals surface area contributed by atoms with Gasteiger partial charge in [-0.15, -0.1) is 0 Å². The molecule has 0 fully saturated rings. The fraction of sp³-hybridized carbons (Fsp3) is 0.176. The van der Waals surface area contributed by atoms with Crippen molar-refractivity contribution in [2.24, 2.45) is 0 Å². The Morgan fingerprint density at radius 2 is 1.95 bits per heavy atom. The van der Waals surface area contributed by atoms with Gasteiger partial charge in [0.15, 0.2) is 0 Å². The normalized spacial score (nSPS) is 11.2. The molecule has 2 aromatic rings. The van der Waals surface area contributed by atoms with Crippen molar-refractivity contribution in [1.29, 1.82) is 5.26 Å². The molecule has 1 aromatic carbocycles. The van der Waals surface area contributed by atoms with Gasteiger partial charge in [0, 0.05) is 6.20 Å². The van der Waals surface area contributed by atoms with Crippen LogP contribution in [-0.2, 0) is 0 Å². The van der Waals surface area contributed by atoms with Crippen LogP contribution in [0.15, 0.2) is 48.7 Å². The number of pyridine rings is 1. The SMILES string of the molecule is CC(C)Oc1ccc(/C=C(/C#N)c2ccccn2)cc1. The lowest BCUT2D eigenvalue weighted by atomic mass is 10.1. The Labute approximate surface area is 119 Å². The topological polar surface area (TPSA) is 45.9 Å². The monoisotopic (exact) mass is 264 g/mol. The minimum Gasteiger partial charge on any atom is -0.491 e. The van der Waals surface area contributed by atoms with E-state index in [1.54, 1.807) is 6.20 Å². The molecule has 0 unspecified atom stereocenters. The molecular weight excluding hydrogens is 248 g/mol. The van der Waals surface area contributed by atoms with Gasteiger partial charge in [0.25, 0.3) is 0 Å². The average Bonchev–Trinajstić information content (AvgIpc) is 2.47. The lowest BCUT2D eigenvalue weighted by molar-refractivity contribution is 0.242. The highest BCUT2D eigenvalue weighted by atomic mass is 16.5. The molecule has 2 rings (SSSR count). The third kappa shape index (κ3) is 3.69. The lowest BCUT2D eigenvalue weighted by Crippen LogP contribution is -2.05. The second-order valence-electron chi connectivity index (χ2n) is 4.62. The highest BCUT2D eigenvalue weighted by Gasteiger charge is 2.02. The average molecular weight is 264 g/mol. The Bertz CT molecular complexity index is 622. The molecule has 20 heavy (non-hydrogen) atoms. The standard InChI is InChI=1S/C17H16N2O/c1-13(2)20-16-8-6-14(7-9-16)11-15(12-18)17-5-3-4-10-19-17/h3-11,13H,1-2H3/b15-11-. The van der Waals surface area contributed by atoms with Crippen LogP contribution in [0.25, 0.3) is 11.6 Å². The fourth-order valence-electron chi connectivity index (χ4n) is 1.77. The molecule has 0 aliphatic carbocycles. The van der Waals surface area contributed by atoms with E-state index in [1.807, 2.05) is 62.4 Å². The summed E-state index contributed by atoms with van der Waals surface area (Å²) in [5, 5.41) is 9.23. The number of nitrogens with zero attached hydrogens (tertiary/aromatic N) is 2. The van der Waals surface area contributed by atoms with Crippen molar-refractivity contribution in [2.75, 3.05) is 0 Å². The quantitative estimate of drug-likeness (QED) is 0.786. The van der Waals surface area contributed by atoms with Crippen LogP contribution in [0.5, 0.6) is 5.75 Å². The molecule has 0 N–H and O–H groups in total. The summed E-state index contributed by atoms with van der Waals surface area (Å²) in [6, 6.07) is 15.4. The summed E-state index contributed by atoms with van der Waals surface area (Å²) >= 11 is 0. The molecule has 0 spiro atoms. The van der Waals surface area contributed by atoms with Crippen LogP contribution in [0.1, 0.15) is 25.1 Å². The van der Waals surface area contributed by atoms with Crippen molar-refractivity contribution in [2.45, 2.75) is 20.0 Å². The number of aromatic nitrogens is 1. The van der Waals surface area contributed by atoms with Gasteiger partial charge in [0.05, 0.1) is 17.4 Å². The summed E-state index contributed by atoms with van der Waals surface area (Å²) in [6.07, 6.45) is 3.65. The number of hydrogen-bond acceptors (Lipinski definition) is 3. The molecule has 1 aromatic heterocycles. The minimum atomic E-state index is 0.152. The lowest BCUT2D eigenvalue weighted by Gasteiger charge is -2.09. The number of nitriles is 1. The summed E-state index contributed by atoms with van der Waals surface area (Å²) in [4.78, 5) is 4.19. The summed E-state index contributed by atoms with van der Waals surface area (Å²) in [5.74, 6) is 0.827. The molecule has 3 heteroatoms. The van der Waals surface area contributed by atoms with Crippen LogP contribution < -0.4 is 4.74 Å². The number of hydrogen-bond donors (Lipinski definition) is 0. The first kappa shape index (κ1) is 13.8. The first-order valence-electron chi connectivity index (χ1n) is 6.49. The Morgan fingerprint density at radius 1 is 1.20 bits per heavy atom. The third-order valence-electron chi connectivity index (χ3n) is 2.62. The molecule has 0 aliphatic heterocycles. The van der Waals surface area contributed by atoms with Gasteiger partial charge < -0.3 is 4.74 Å². The van der Waals surface area contributed by atoms with E-state index < -0.39 is 0 Å². The van der Waals surface area contributed by atoms with Crippen LogP contribution in [-0.4, -0.2) is 11.1 Å². The molecule has 0 amide bonds. The van der Waals surface area contributed by atoms with Crippen LogP contribution in [0.2, 0.25) is 0 Å². The Kier molecular flexibility index (Phi) is 4.52. The fourth-order valence-corrected chi connectivity index (χ4v) is 1.77. The first-order chi connectivity index (χ1) is 9.69. The second kappa shape index (κ2) is 6.53. The number of allylic oxidation sites excluding steroid dienone is 1. The molecule has 0 radical (unpaired) electrons. The Hall–Kier alpha value is -2.60. The Morgan fingerprint density at radius 3 is 2.50 bits per heavy atom. The number of rotatable bonds is 4. The zero-order valence-electron chi connectivity index (χ0n) is 11.6. The maximum Gasteiger partial charge on any atom is 0.119 e. The van der Waals surface area contributed by atoms with Crippen LogP contribution in [0, 0.1) is 11.3 Å². The van der Waals surface area contributed by atoms with Crippen molar-refractivity contribution < 1.29 is 4.74 Å². The van der Waals surface area contributed by atoms with E-state index in [0.717, 1.165) is 11.3 Å². The zero-order chi connectivity index (χ0) is 14.4. The van der Waals surface area contributed by atoms with Crippen LogP contribution >= 0.6 is 0 Å². The Balaban J connectivity index is 2.23. The smallest absolute Gasteiger partial charge is 0.119 e. The van der Waals surface area contributed by atoms with Crippen molar-refractivity contribution >= 4 is 11.6 Å². The van der Waals surface area contributed by atoms with Gasteiger partial charge in [-0.25, -0.2) is 0 Å². The summed E-state index contributed by atoms with van der Waals surface area (Å²) in [6.45, 7) is 3.98. The first-order valence-corrected chi connectivity index (χ1v) is 6.49. The van der Waals surface area contributed by atoms with E-state index in [1.165, 1.54) is 0 Å². The maximum atomic E-state index is 9.23. The van der Waals surface area contributed by atoms with E-state index in [0.29, 0.717) is 11.3 Å². The molecule has 100 valence electrons. The highest BCUT2D eigenvalue weighted by Crippen LogP contribution is 2.18. The molecule has 0 atom stereocenters. The maximum absolute atomic E-state index is 9.23. The number of ether oxygens (including phenoxy) is 1. The minimum absolute atomic E-state index is 0.152. The summed E-state index contributed by atoms with van der Waals surface area (Å²) < 4.78 is 5.59. The second-order valence-corrected chi connectivity index (χ2v) is 4.62. The summed E-state index contributed by atoms with van der Waals surface area (Å²) in [5.41, 5.74) is 2.17. The van der Waals surface area contributed by atoms with Crippen molar-refractivity contribution in [3.63, 3.8) is 0 Å². The van der Waals surface area contributed by atoms with E-state index in [4.69, 9.17) is 4.74 Å². The van der Waals surface area contributed by atoms with Gasteiger partial charge in [0.1, 0.15) is 11.8 Å². The van der Waals surface area contributed by atoms with E-state index >= 15 is 0 Å². The van der Waals surface area contributed by atoms with E-state index in [2.05, 4.69) is 11.1 Å². The number of benzene rings is 1. The molecule has 1 heterocycles. The van der Waals surface area contributed by atoms with Gasteiger partial charge >= 0.3 is 0 Å². The molecule has 0 saturated carbocycles. The molecule has 0 saturated heterocycles.